The SMILES string of the molecule is Cn1c(N)c(C(=O)CSc2nnc(-c3ccc4c(c3)OCO4)o2)c(=O)n(C)c1=O. The summed E-state index contributed by atoms with van der Waals surface area (Å²) < 4.78 is 18.0. The first-order valence-electron chi connectivity index (χ1n) is 8.32. The summed E-state index contributed by atoms with van der Waals surface area (Å²) in [6.45, 7) is 0.152. The second-order valence-electron chi connectivity index (χ2n) is 6.12. The Bertz CT molecular complexity index is 1240. The molecular formula is C17H15N5O6S. The Morgan fingerprint density at radius 3 is 2.72 bits per heavy atom. The van der Waals surface area contributed by atoms with E-state index in [9.17, 15) is 14.4 Å². The Hall–Kier alpha value is -3.54. The number of benzene rings is 1. The fourth-order valence-electron chi connectivity index (χ4n) is 2.74. The summed E-state index contributed by atoms with van der Waals surface area (Å²) in [5, 5.41) is 8.00. The highest BCUT2D eigenvalue weighted by molar-refractivity contribution is 7.99. The van der Waals surface area contributed by atoms with Crippen molar-refractivity contribution in [3.05, 3.63) is 44.6 Å². The number of nitrogens with zero attached hydrogens (tertiary/aromatic N) is 4. The number of hydrogen-bond donors (Lipinski definition) is 1. The van der Waals surface area contributed by atoms with E-state index in [-0.39, 0.29) is 35.0 Å². The smallest absolute Gasteiger partial charge is 0.332 e. The molecule has 0 saturated carbocycles. The van der Waals surface area contributed by atoms with Crippen molar-refractivity contribution >= 4 is 23.4 Å². The number of ether oxygens (including phenoxy) is 2. The normalized spacial score (nSPS) is 12.3. The predicted octanol–water partition coefficient (Wildman–Crippen LogP) is 0.420. The van der Waals surface area contributed by atoms with Gasteiger partial charge in [-0.3, -0.25) is 18.7 Å². The third-order valence-electron chi connectivity index (χ3n) is 4.34. The number of rotatable bonds is 5. The molecule has 150 valence electrons. The Morgan fingerprint density at radius 1 is 1.17 bits per heavy atom. The standard InChI is InChI=1S/C17H15N5O6S/c1-21-13(18)12(15(24)22(2)17(21)25)9(23)6-29-16-20-19-14(28-16)8-3-4-10-11(5-8)27-7-26-10/h3-5H,6-7,18H2,1-2H3. The topological polar surface area (TPSA) is 144 Å². The van der Waals surface area contributed by atoms with E-state index in [1.165, 1.54) is 14.1 Å². The van der Waals surface area contributed by atoms with E-state index in [4.69, 9.17) is 19.6 Å². The number of aromatic nitrogens is 4. The van der Waals surface area contributed by atoms with E-state index in [0.29, 0.717) is 17.1 Å². The van der Waals surface area contributed by atoms with Crippen LogP contribution in [0.3, 0.4) is 0 Å². The number of nitrogen functional groups attached to an aromatic ring is 1. The third kappa shape index (κ3) is 3.27. The van der Waals surface area contributed by atoms with Crippen LogP contribution in [-0.4, -0.2) is 37.7 Å². The van der Waals surface area contributed by atoms with Crippen LogP contribution in [0, 0.1) is 0 Å². The maximum Gasteiger partial charge on any atom is 0.332 e. The zero-order valence-electron chi connectivity index (χ0n) is 15.4. The number of ketones is 1. The van der Waals surface area contributed by atoms with Gasteiger partial charge >= 0.3 is 5.69 Å². The molecule has 3 heterocycles. The van der Waals surface area contributed by atoms with Crippen molar-refractivity contribution in [2.45, 2.75) is 5.22 Å². The van der Waals surface area contributed by atoms with Gasteiger partial charge in [-0.15, -0.1) is 10.2 Å². The molecule has 2 aromatic heterocycles. The molecule has 0 aliphatic carbocycles. The quantitative estimate of drug-likeness (QED) is 0.458. The Morgan fingerprint density at radius 2 is 1.93 bits per heavy atom. The fraction of sp³-hybridized carbons (Fsp3) is 0.235. The molecule has 0 atom stereocenters. The molecule has 1 aliphatic rings. The summed E-state index contributed by atoms with van der Waals surface area (Å²) in [6.07, 6.45) is 0. The van der Waals surface area contributed by atoms with Gasteiger partial charge in [-0.05, 0) is 18.2 Å². The molecule has 2 N–H and O–H groups in total. The molecule has 0 radical (unpaired) electrons. The van der Waals surface area contributed by atoms with Gasteiger partial charge in [-0.1, -0.05) is 11.8 Å². The van der Waals surface area contributed by atoms with E-state index in [0.717, 1.165) is 20.9 Å². The largest absolute Gasteiger partial charge is 0.454 e. The number of anilines is 1. The van der Waals surface area contributed by atoms with Gasteiger partial charge in [0, 0.05) is 19.7 Å². The maximum absolute atomic E-state index is 12.5. The summed E-state index contributed by atoms with van der Waals surface area (Å²) in [7, 11) is 2.67. The zero-order chi connectivity index (χ0) is 20.7. The van der Waals surface area contributed by atoms with E-state index in [2.05, 4.69) is 10.2 Å². The highest BCUT2D eigenvalue weighted by Gasteiger charge is 2.22. The second kappa shape index (κ2) is 7.13. The molecule has 0 bridgehead atoms. The highest BCUT2D eigenvalue weighted by atomic mass is 32.2. The van der Waals surface area contributed by atoms with Crippen LogP contribution in [0.2, 0.25) is 0 Å². The van der Waals surface area contributed by atoms with Crippen LogP contribution in [0.15, 0.2) is 37.4 Å². The Balaban J connectivity index is 1.52. The number of carbonyl (C=O) groups excluding carboxylic acids is 1. The molecule has 0 saturated heterocycles. The van der Waals surface area contributed by atoms with Crippen molar-refractivity contribution in [2.75, 3.05) is 18.3 Å². The average molecular weight is 417 g/mol. The van der Waals surface area contributed by atoms with E-state index in [1.807, 2.05) is 0 Å². The van der Waals surface area contributed by atoms with E-state index < -0.39 is 17.0 Å². The lowest BCUT2D eigenvalue weighted by molar-refractivity contribution is 0.102. The Kier molecular flexibility index (Phi) is 4.62. The lowest BCUT2D eigenvalue weighted by Crippen LogP contribution is -2.41. The molecule has 0 unspecified atom stereocenters. The van der Waals surface area contributed by atoms with Crippen molar-refractivity contribution in [1.29, 1.82) is 0 Å². The first kappa shape index (κ1) is 18.8. The summed E-state index contributed by atoms with van der Waals surface area (Å²) in [5.74, 6) is 0.550. The fourth-order valence-corrected chi connectivity index (χ4v) is 3.37. The first-order valence-corrected chi connectivity index (χ1v) is 9.30. The van der Waals surface area contributed by atoms with Gasteiger partial charge < -0.3 is 19.6 Å². The van der Waals surface area contributed by atoms with Crippen molar-refractivity contribution < 1.29 is 18.7 Å². The molecule has 0 spiro atoms. The summed E-state index contributed by atoms with van der Waals surface area (Å²) >= 11 is 0.961. The lowest BCUT2D eigenvalue weighted by atomic mass is 10.2. The minimum Gasteiger partial charge on any atom is -0.454 e. The van der Waals surface area contributed by atoms with Crippen LogP contribution in [-0.2, 0) is 14.1 Å². The van der Waals surface area contributed by atoms with Crippen LogP contribution < -0.4 is 26.5 Å². The third-order valence-corrected chi connectivity index (χ3v) is 5.16. The van der Waals surface area contributed by atoms with Gasteiger partial charge in [0.15, 0.2) is 17.3 Å². The van der Waals surface area contributed by atoms with Crippen molar-refractivity contribution in [2.24, 2.45) is 14.1 Å². The number of Topliss-reactive ketones (excluding diaryl/α,β-unsaturated/α-hetero) is 1. The summed E-state index contributed by atoms with van der Waals surface area (Å²) in [4.78, 5) is 36.6. The number of hydrogen-bond acceptors (Lipinski definition) is 10. The van der Waals surface area contributed by atoms with Crippen LogP contribution >= 0.6 is 11.8 Å². The number of fused-ring (bicyclic) bond motifs is 1. The molecule has 3 aromatic rings. The number of nitrogens with two attached hydrogens (primary N) is 1. The van der Waals surface area contributed by atoms with Crippen LogP contribution in [0.4, 0.5) is 5.82 Å². The minimum absolute atomic E-state index is 0.145. The molecule has 12 heteroatoms. The monoisotopic (exact) mass is 417 g/mol. The van der Waals surface area contributed by atoms with Gasteiger partial charge in [-0.2, -0.15) is 0 Å². The van der Waals surface area contributed by atoms with Crippen molar-refractivity contribution in [3.63, 3.8) is 0 Å². The maximum atomic E-state index is 12.5. The van der Waals surface area contributed by atoms with Crippen molar-refractivity contribution in [1.82, 2.24) is 19.3 Å². The summed E-state index contributed by atoms with van der Waals surface area (Å²) in [6, 6.07) is 5.19. The number of thioether (sulfide) groups is 1. The summed E-state index contributed by atoms with van der Waals surface area (Å²) in [5.41, 5.74) is 4.82. The molecule has 0 fully saturated rings. The van der Waals surface area contributed by atoms with Crippen LogP contribution in [0.5, 0.6) is 11.5 Å². The molecule has 29 heavy (non-hydrogen) atoms. The predicted molar refractivity (Wildman–Crippen MR) is 102 cm³/mol. The van der Waals surface area contributed by atoms with Gasteiger partial charge in [-0.25, -0.2) is 4.79 Å². The second-order valence-corrected chi connectivity index (χ2v) is 7.05. The molecule has 0 amide bonds. The van der Waals surface area contributed by atoms with E-state index >= 15 is 0 Å². The van der Waals surface area contributed by atoms with Crippen LogP contribution in [0.1, 0.15) is 10.4 Å². The van der Waals surface area contributed by atoms with Gasteiger partial charge in [0.05, 0.1) is 5.75 Å². The Labute approximate surface area is 167 Å². The minimum atomic E-state index is -0.747. The molecule has 11 nitrogen and oxygen atoms in total. The van der Waals surface area contributed by atoms with Gasteiger partial charge in [0.1, 0.15) is 11.4 Å². The number of carbonyl (C=O) groups is 1. The van der Waals surface area contributed by atoms with Gasteiger partial charge in [0.2, 0.25) is 12.7 Å². The highest BCUT2D eigenvalue weighted by Crippen LogP contribution is 2.36. The first-order chi connectivity index (χ1) is 13.9. The van der Waals surface area contributed by atoms with Crippen molar-refractivity contribution in [3.8, 4) is 23.0 Å². The molecule has 1 aliphatic heterocycles. The molecule has 4 rings (SSSR count). The average Bonchev–Trinajstić information content (AvgIpc) is 3.38. The lowest BCUT2D eigenvalue weighted by Gasteiger charge is -2.10. The molecular weight excluding hydrogens is 402 g/mol. The zero-order valence-corrected chi connectivity index (χ0v) is 16.2. The van der Waals surface area contributed by atoms with E-state index in [1.54, 1.807) is 18.2 Å². The van der Waals surface area contributed by atoms with Crippen LogP contribution in [0.25, 0.3) is 11.5 Å². The van der Waals surface area contributed by atoms with Gasteiger partial charge in [0.25, 0.3) is 10.8 Å². The molecule has 1 aromatic carbocycles.